The van der Waals surface area contributed by atoms with Gasteiger partial charge in [-0.3, -0.25) is 0 Å². The topological polar surface area (TPSA) is 126 Å². The average molecular weight is 296 g/mol. The van der Waals surface area contributed by atoms with Crippen LogP contribution in [0.2, 0.25) is 0 Å². The number of carbonyl (C=O) groups is 2. The molecule has 55 valence electrons. The molecule has 0 aromatic heterocycles. The van der Waals surface area contributed by atoms with Crippen molar-refractivity contribution in [3.63, 3.8) is 0 Å². The van der Waals surface area contributed by atoms with Crippen molar-refractivity contribution in [2.24, 2.45) is 0 Å². The summed E-state index contributed by atoms with van der Waals surface area (Å²) in [7, 11) is 0. The predicted molar refractivity (Wildman–Crippen MR) is 10.8 cm³/mol. The van der Waals surface area contributed by atoms with Gasteiger partial charge in [-0.05, 0) is 12.3 Å². The molecule has 0 amide bonds. The minimum absolute atomic E-state index is 0. The molecule has 0 aliphatic rings. The van der Waals surface area contributed by atoms with E-state index in [1.165, 1.54) is 0 Å². The molecule has 0 bridgehead atoms. The summed E-state index contributed by atoms with van der Waals surface area (Å²) >= 11 is 0. The first kappa shape index (κ1) is 22.5. The van der Waals surface area contributed by atoms with Gasteiger partial charge in [0, 0.05) is 0 Å². The molecule has 0 saturated heterocycles. The minimum Gasteiger partial charge on any atom is -0.652 e. The molecule has 0 rings (SSSR count). The Balaban J connectivity index is -0.0000000300. The Labute approximate surface area is 95.6 Å². The summed E-state index contributed by atoms with van der Waals surface area (Å²) < 4.78 is 0. The zero-order chi connectivity index (χ0) is 7.15. The third-order valence-electron chi connectivity index (χ3n) is 0. The maximum absolute atomic E-state index is 8.33. The van der Waals surface area contributed by atoms with E-state index in [1.54, 1.807) is 0 Å². The maximum atomic E-state index is 8.33. The zero-order valence-electron chi connectivity index (χ0n) is 4.33. The molecule has 0 unspecified atom stereocenters. The van der Waals surface area contributed by atoms with Crippen LogP contribution in [-0.2, 0) is 0 Å². The van der Waals surface area contributed by atoms with E-state index >= 15 is 0 Å². The second-order valence-corrected chi connectivity index (χ2v) is 0.500. The molecule has 0 saturated carbocycles. The smallest absolute Gasteiger partial charge is 0.652 e. The van der Waals surface area contributed by atoms with Gasteiger partial charge in [-0.15, -0.1) is 0 Å². The Kier molecular flexibility index (Phi) is 36.1. The van der Waals surface area contributed by atoms with Gasteiger partial charge in [-0.25, -0.2) is 0 Å². The molecule has 0 aromatic rings. The first-order valence-electron chi connectivity index (χ1n) is 1.22. The van der Waals surface area contributed by atoms with Crippen LogP contribution < -0.4 is 20.4 Å². The van der Waals surface area contributed by atoms with Crippen molar-refractivity contribution in [1.82, 2.24) is 0 Å². The van der Waals surface area contributed by atoms with Crippen molar-refractivity contribution >= 4 is 12.3 Å². The largest absolute Gasteiger partial charge is 3.00 e. The Morgan fingerprint density at radius 1 is 0.800 bits per heavy atom. The van der Waals surface area contributed by atoms with E-state index < -0.39 is 12.3 Å². The first-order chi connectivity index (χ1) is 3.46. The fourth-order valence-electron chi connectivity index (χ4n) is 0. The van der Waals surface area contributed by atoms with Crippen molar-refractivity contribution in [3.05, 3.63) is 0 Å². The third-order valence-corrected chi connectivity index (χ3v) is 0. The van der Waals surface area contributed by atoms with Crippen molar-refractivity contribution < 1.29 is 84.2 Å². The Bertz CT molecular complexity index is 73.7. The van der Waals surface area contributed by atoms with Crippen LogP contribution in [0, 0.1) is 54.2 Å². The number of halogens is 1. The molecule has 6 nitrogen and oxygen atoms in total. The molecule has 8 heteroatoms. The summed E-state index contributed by atoms with van der Waals surface area (Å²) in [6.45, 7) is 0. The summed E-state index contributed by atoms with van der Waals surface area (Å²) in [5, 5.41) is 33.3. The summed E-state index contributed by atoms with van der Waals surface area (Å²) in [6, 6.07) is 0. The average Bonchev–Trinajstić information content (AvgIpc) is 1.25. The van der Waals surface area contributed by atoms with Gasteiger partial charge < -0.3 is 30.0 Å². The second-order valence-electron chi connectivity index (χ2n) is 0.500. The number of carbonyl (C=O) groups excluding carboxylic acids is 2. The van der Waals surface area contributed by atoms with Crippen LogP contribution in [0.5, 0.6) is 0 Å². The van der Waals surface area contributed by atoms with Gasteiger partial charge in [0.1, 0.15) is 0 Å². The van der Waals surface area contributed by atoms with Gasteiger partial charge in [-0.2, -0.15) is 0 Å². The summed E-state index contributed by atoms with van der Waals surface area (Å²) in [5.41, 5.74) is 0. The SMILES string of the molecule is O=C([O-])[O-].O=C([O-])[O-].[Ce+3].[Cl+]. The molecule has 10 heavy (non-hydrogen) atoms. The quantitative estimate of drug-likeness (QED) is 0.441. The van der Waals surface area contributed by atoms with Crippen molar-refractivity contribution in [2.45, 2.75) is 0 Å². The van der Waals surface area contributed by atoms with E-state index in [0.717, 1.165) is 0 Å². The van der Waals surface area contributed by atoms with Crippen molar-refractivity contribution in [1.29, 1.82) is 0 Å². The molecular formula is C2CeClO6. The third kappa shape index (κ3) is 9980. The van der Waals surface area contributed by atoms with Gasteiger partial charge in [0.25, 0.3) is 0 Å². The van der Waals surface area contributed by atoms with E-state index in [9.17, 15) is 0 Å². The molecule has 0 aliphatic heterocycles. The monoisotopic (exact) mass is 295 g/mol. The molecule has 0 fully saturated rings. The van der Waals surface area contributed by atoms with Gasteiger partial charge in [-0.1, -0.05) is 0 Å². The fraction of sp³-hybridized carbons (Fsp3) is 0. The predicted octanol–water partition coefficient (Wildman–Crippen LogP) is -4.89. The van der Waals surface area contributed by atoms with E-state index in [2.05, 4.69) is 0 Å². The van der Waals surface area contributed by atoms with Gasteiger partial charge in [0.05, 0.1) is 0 Å². The molecule has 0 N–H and O–H groups in total. The molecule has 0 spiro atoms. The molecular weight excluding hydrogens is 296 g/mol. The van der Waals surface area contributed by atoms with Crippen LogP contribution in [0.1, 0.15) is 0 Å². The summed E-state index contributed by atoms with van der Waals surface area (Å²) in [4.78, 5) is 16.7. The molecule has 0 aromatic carbocycles. The van der Waals surface area contributed by atoms with Crippen LogP contribution in [0.25, 0.3) is 0 Å². The van der Waals surface area contributed by atoms with Crippen LogP contribution >= 0.6 is 0 Å². The van der Waals surface area contributed by atoms with Crippen LogP contribution in [-0.4, -0.2) is 12.3 Å². The van der Waals surface area contributed by atoms with E-state index in [-0.39, 0.29) is 54.2 Å². The van der Waals surface area contributed by atoms with Crippen LogP contribution in [0.4, 0.5) is 9.59 Å². The van der Waals surface area contributed by atoms with Crippen molar-refractivity contribution in [2.75, 3.05) is 0 Å². The van der Waals surface area contributed by atoms with Gasteiger partial charge >= 0.3 is 54.2 Å². The summed E-state index contributed by atoms with van der Waals surface area (Å²) in [5.74, 6) is 0. The molecule has 3 radical (unpaired) electrons. The number of hydrogen-bond acceptors (Lipinski definition) is 6. The fourth-order valence-corrected chi connectivity index (χ4v) is 0. The van der Waals surface area contributed by atoms with Crippen LogP contribution in [0.3, 0.4) is 0 Å². The normalized spacial score (nSPS) is 4.80. The Morgan fingerprint density at radius 2 is 0.800 bits per heavy atom. The molecule has 0 heterocycles. The number of hydrogen-bond donors (Lipinski definition) is 0. The first-order valence-corrected chi connectivity index (χ1v) is 1.22. The van der Waals surface area contributed by atoms with E-state index in [1.807, 2.05) is 0 Å². The zero-order valence-corrected chi connectivity index (χ0v) is 8.22. The van der Waals surface area contributed by atoms with Gasteiger partial charge in [0.15, 0.2) is 0 Å². The minimum atomic E-state index is -2.33. The van der Waals surface area contributed by atoms with Crippen LogP contribution in [0.15, 0.2) is 0 Å². The summed E-state index contributed by atoms with van der Waals surface area (Å²) in [6.07, 6.45) is -4.67. The van der Waals surface area contributed by atoms with E-state index in [0.29, 0.717) is 0 Å². The Hall–Kier alpha value is 0.207. The van der Waals surface area contributed by atoms with Gasteiger partial charge in [0.2, 0.25) is 0 Å². The molecule has 0 atom stereocenters. The van der Waals surface area contributed by atoms with E-state index in [4.69, 9.17) is 30.0 Å². The molecule has 0 aliphatic carbocycles. The standard InChI is InChI=1S/2CH2O3.Ce.Cl/c2*2-1(3)4;;/h2*(H2,2,3,4);;/q;;+3;+1/p-4. The maximum Gasteiger partial charge on any atom is 3.00 e. The number of rotatable bonds is 0. The Morgan fingerprint density at radius 3 is 0.800 bits per heavy atom. The van der Waals surface area contributed by atoms with Crippen molar-refractivity contribution in [3.8, 4) is 0 Å². The second kappa shape index (κ2) is 16.1. The number of carboxylic acid groups (broad SMARTS) is 4.